The summed E-state index contributed by atoms with van der Waals surface area (Å²) >= 11 is 0. The molecule has 1 amide bonds. The minimum absolute atomic E-state index is 0. The number of rotatable bonds is 4. The van der Waals surface area contributed by atoms with Crippen molar-refractivity contribution in [2.75, 3.05) is 6.54 Å². The van der Waals surface area contributed by atoms with Gasteiger partial charge in [-0.3, -0.25) is 9.69 Å². The van der Waals surface area contributed by atoms with Gasteiger partial charge < -0.3 is 10.6 Å². The van der Waals surface area contributed by atoms with E-state index in [9.17, 15) is 9.18 Å². The Labute approximate surface area is 167 Å². The lowest BCUT2D eigenvalue weighted by atomic mass is 9.99. The van der Waals surface area contributed by atoms with E-state index in [-0.39, 0.29) is 42.6 Å². The summed E-state index contributed by atoms with van der Waals surface area (Å²) in [6.45, 7) is 1.66. The summed E-state index contributed by atoms with van der Waals surface area (Å²) in [6.07, 6.45) is 6.59. The average Bonchev–Trinajstić information content (AvgIpc) is 3.16. The van der Waals surface area contributed by atoms with Crippen LogP contribution in [0.25, 0.3) is 0 Å². The van der Waals surface area contributed by atoms with Gasteiger partial charge in [-0.1, -0.05) is 12.1 Å². The van der Waals surface area contributed by atoms with Crippen LogP contribution in [0.5, 0.6) is 0 Å². The van der Waals surface area contributed by atoms with E-state index in [1.807, 2.05) is 12.1 Å². The second-order valence-electron chi connectivity index (χ2n) is 7.57. The maximum absolute atomic E-state index is 13.1. The number of carbonyl (C=O) groups excluding carboxylic acids is 1. The molecule has 4 nitrogen and oxygen atoms in total. The predicted molar refractivity (Wildman–Crippen MR) is 105 cm³/mol. The lowest BCUT2D eigenvalue weighted by Gasteiger charge is -2.32. The number of likely N-dealkylation sites (tertiary alicyclic amines) is 1. The molecule has 3 aliphatic rings. The number of hydrogen-bond acceptors (Lipinski definition) is 3. The second-order valence-corrected chi connectivity index (χ2v) is 7.57. The van der Waals surface area contributed by atoms with Crippen molar-refractivity contribution in [3.8, 4) is 0 Å². The summed E-state index contributed by atoms with van der Waals surface area (Å²) in [7, 11) is 0. The van der Waals surface area contributed by atoms with Gasteiger partial charge in [-0.25, -0.2) is 4.39 Å². The van der Waals surface area contributed by atoms with Gasteiger partial charge in [0.15, 0.2) is 0 Å². The molecule has 3 fully saturated rings. The van der Waals surface area contributed by atoms with Gasteiger partial charge in [-0.05, 0) is 62.8 Å². The van der Waals surface area contributed by atoms with Crippen LogP contribution in [0.15, 0.2) is 24.3 Å². The Morgan fingerprint density at radius 2 is 1.77 bits per heavy atom. The molecule has 3 unspecified atom stereocenters. The fourth-order valence-electron chi connectivity index (χ4n) is 4.61. The van der Waals surface area contributed by atoms with E-state index in [0.717, 1.165) is 44.3 Å². The fraction of sp³-hybridized carbons (Fsp3) is 0.632. The molecule has 3 atom stereocenters. The first-order valence-electron chi connectivity index (χ1n) is 9.22. The highest BCUT2D eigenvalue weighted by Gasteiger charge is 2.36. The Kier molecular flexibility index (Phi) is 7.71. The van der Waals surface area contributed by atoms with Crippen LogP contribution in [0.4, 0.5) is 4.39 Å². The Morgan fingerprint density at radius 3 is 2.42 bits per heavy atom. The summed E-state index contributed by atoms with van der Waals surface area (Å²) in [5.41, 5.74) is 1.07. The molecule has 3 heterocycles. The Hall–Kier alpha value is -0.880. The van der Waals surface area contributed by atoms with Crippen molar-refractivity contribution in [2.45, 2.75) is 69.2 Å². The molecule has 3 saturated heterocycles. The van der Waals surface area contributed by atoms with E-state index in [2.05, 4.69) is 15.5 Å². The van der Waals surface area contributed by atoms with Crippen LogP contribution in [0.2, 0.25) is 0 Å². The highest BCUT2D eigenvalue weighted by molar-refractivity contribution is 5.85. The van der Waals surface area contributed by atoms with E-state index in [1.54, 1.807) is 0 Å². The van der Waals surface area contributed by atoms with E-state index < -0.39 is 0 Å². The van der Waals surface area contributed by atoms with Crippen molar-refractivity contribution >= 4 is 30.7 Å². The number of nitrogens with zero attached hydrogens (tertiary/aromatic N) is 1. The molecule has 0 saturated carbocycles. The van der Waals surface area contributed by atoms with Crippen LogP contribution in [0, 0.1) is 5.82 Å². The molecule has 7 heteroatoms. The largest absolute Gasteiger partial charge is 0.352 e. The number of piperidine rings is 1. The SMILES string of the molecule is Cl.Cl.O=C(NC1CC2CCC(C1)N2)C1CCCN1Cc1ccc(F)cc1. The molecule has 2 N–H and O–H groups in total. The van der Waals surface area contributed by atoms with Crippen LogP contribution in [-0.2, 0) is 11.3 Å². The van der Waals surface area contributed by atoms with Gasteiger partial charge >= 0.3 is 0 Å². The first kappa shape index (κ1) is 21.4. The van der Waals surface area contributed by atoms with Gasteiger partial charge in [0.2, 0.25) is 5.91 Å². The maximum Gasteiger partial charge on any atom is 0.237 e. The van der Waals surface area contributed by atoms with Gasteiger partial charge in [-0.15, -0.1) is 24.8 Å². The zero-order valence-corrected chi connectivity index (χ0v) is 16.5. The number of fused-ring (bicyclic) bond motifs is 2. The third kappa shape index (κ3) is 4.89. The minimum Gasteiger partial charge on any atom is -0.352 e. The minimum atomic E-state index is -0.213. The van der Waals surface area contributed by atoms with Crippen molar-refractivity contribution in [1.82, 2.24) is 15.5 Å². The molecule has 0 radical (unpaired) electrons. The van der Waals surface area contributed by atoms with Gasteiger partial charge in [0.1, 0.15) is 5.82 Å². The maximum atomic E-state index is 13.1. The monoisotopic (exact) mass is 403 g/mol. The van der Waals surface area contributed by atoms with E-state index >= 15 is 0 Å². The Morgan fingerprint density at radius 1 is 1.12 bits per heavy atom. The molecule has 26 heavy (non-hydrogen) atoms. The zero-order valence-electron chi connectivity index (χ0n) is 14.8. The van der Waals surface area contributed by atoms with E-state index in [0.29, 0.717) is 18.1 Å². The second kappa shape index (κ2) is 9.36. The lowest BCUT2D eigenvalue weighted by molar-refractivity contribution is -0.126. The van der Waals surface area contributed by atoms with Gasteiger partial charge in [-0.2, -0.15) is 0 Å². The number of benzene rings is 1. The van der Waals surface area contributed by atoms with Gasteiger partial charge in [0.05, 0.1) is 6.04 Å². The number of halogens is 3. The summed E-state index contributed by atoms with van der Waals surface area (Å²) in [6, 6.07) is 8.07. The normalized spacial score (nSPS) is 30.3. The molecule has 146 valence electrons. The first-order chi connectivity index (χ1) is 11.7. The van der Waals surface area contributed by atoms with Crippen LogP contribution < -0.4 is 10.6 Å². The number of hydrogen-bond donors (Lipinski definition) is 2. The molecule has 4 rings (SSSR count). The molecule has 1 aromatic carbocycles. The number of amides is 1. The molecule has 0 aromatic heterocycles. The fourth-order valence-corrected chi connectivity index (χ4v) is 4.61. The van der Waals surface area contributed by atoms with Gasteiger partial charge in [0.25, 0.3) is 0 Å². The van der Waals surface area contributed by atoms with Crippen LogP contribution >= 0.6 is 24.8 Å². The van der Waals surface area contributed by atoms with Crippen LogP contribution in [-0.4, -0.2) is 41.5 Å². The van der Waals surface area contributed by atoms with Crippen molar-refractivity contribution < 1.29 is 9.18 Å². The molecule has 0 aliphatic carbocycles. The summed E-state index contributed by atoms with van der Waals surface area (Å²) < 4.78 is 13.1. The smallest absolute Gasteiger partial charge is 0.237 e. The van der Waals surface area contributed by atoms with Crippen molar-refractivity contribution in [3.63, 3.8) is 0 Å². The number of carbonyl (C=O) groups is 1. The van der Waals surface area contributed by atoms with Crippen molar-refractivity contribution in [1.29, 1.82) is 0 Å². The highest BCUT2D eigenvalue weighted by atomic mass is 35.5. The summed E-state index contributed by atoms with van der Waals surface area (Å²) in [4.78, 5) is 15.0. The van der Waals surface area contributed by atoms with Crippen molar-refractivity contribution in [2.24, 2.45) is 0 Å². The van der Waals surface area contributed by atoms with E-state index in [1.165, 1.54) is 25.0 Å². The first-order valence-corrected chi connectivity index (χ1v) is 9.22. The zero-order chi connectivity index (χ0) is 16.5. The highest BCUT2D eigenvalue weighted by Crippen LogP contribution is 2.27. The molecule has 2 bridgehead atoms. The molecule has 0 spiro atoms. The van der Waals surface area contributed by atoms with Crippen molar-refractivity contribution in [3.05, 3.63) is 35.6 Å². The van der Waals surface area contributed by atoms with E-state index in [4.69, 9.17) is 0 Å². The Bertz CT molecular complexity index is 589. The summed E-state index contributed by atoms with van der Waals surface area (Å²) in [5, 5.41) is 6.92. The predicted octanol–water partition coefficient (Wildman–Crippen LogP) is 3.03. The van der Waals surface area contributed by atoms with Gasteiger partial charge in [0, 0.05) is 24.7 Å². The molecule has 3 aliphatic heterocycles. The lowest BCUT2D eigenvalue weighted by Crippen LogP contribution is -2.52. The average molecular weight is 404 g/mol. The third-order valence-corrected chi connectivity index (χ3v) is 5.78. The standard InChI is InChI=1S/C19H26FN3O.2ClH/c20-14-5-3-13(4-6-14)12-23-9-1-2-18(23)19(24)22-17-10-15-7-8-16(11-17)21-15;;/h3-6,15-18,21H,1-2,7-12H2,(H,22,24);2*1H. The van der Waals surface area contributed by atoms with Crippen LogP contribution in [0.3, 0.4) is 0 Å². The molecule has 1 aromatic rings. The van der Waals surface area contributed by atoms with Crippen LogP contribution in [0.1, 0.15) is 44.1 Å². The summed E-state index contributed by atoms with van der Waals surface area (Å²) in [5.74, 6) is -0.0316. The Balaban J connectivity index is 0.00000121. The quantitative estimate of drug-likeness (QED) is 0.811. The molecular weight excluding hydrogens is 376 g/mol. The topological polar surface area (TPSA) is 44.4 Å². The molecular formula is C19H28Cl2FN3O. The third-order valence-electron chi connectivity index (χ3n) is 5.78. The number of nitrogens with one attached hydrogen (secondary N) is 2.